The monoisotopic (exact) mass is 234 g/mol. The Morgan fingerprint density at radius 3 is 3.00 bits per heavy atom. The third-order valence-corrected chi connectivity index (χ3v) is 1.80. The van der Waals surface area contributed by atoms with Gasteiger partial charge in [-0.1, -0.05) is 5.92 Å². The number of nitrogens with one attached hydrogen (secondary N) is 2. The van der Waals surface area contributed by atoms with E-state index in [4.69, 9.17) is 11.2 Å². The van der Waals surface area contributed by atoms with Crippen LogP contribution in [0.3, 0.4) is 0 Å². The quantitative estimate of drug-likeness (QED) is 0.552. The molecule has 1 aromatic heterocycles. The number of rotatable bonds is 5. The van der Waals surface area contributed by atoms with E-state index >= 15 is 0 Å². The average molecular weight is 234 g/mol. The third kappa shape index (κ3) is 4.49. The Labute approximate surface area is 99.8 Å². The lowest BCUT2D eigenvalue weighted by Gasteiger charge is -2.06. The summed E-state index contributed by atoms with van der Waals surface area (Å²) in [6.07, 6.45) is 5.04. The summed E-state index contributed by atoms with van der Waals surface area (Å²) in [5.74, 6) is 2.74. The van der Waals surface area contributed by atoms with E-state index in [0.717, 1.165) is 0 Å². The molecule has 1 heterocycles. The van der Waals surface area contributed by atoms with E-state index in [0.29, 0.717) is 18.1 Å². The van der Waals surface area contributed by atoms with Crippen LogP contribution in [0.5, 0.6) is 5.88 Å². The van der Waals surface area contributed by atoms with Gasteiger partial charge in [0.05, 0.1) is 20.2 Å². The van der Waals surface area contributed by atoms with Crippen LogP contribution in [-0.2, 0) is 4.79 Å². The van der Waals surface area contributed by atoms with Crippen molar-refractivity contribution in [1.29, 1.82) is 0 Å². The van der Waals surface area contributed by atoms with Gasteiger partial charge in [-0.25, -0.2) is 4.98 Å². The van der Waals surface area contributed by atoms with Crippen molar-refractivity contribution in [3.8, 4) is 18.2 Å². The lowest BCUT2D eigenvalue weighted by molar-refractivity contribution is -0.115. The molecule has 0 radical (unpaired) electrons. The van der Waals surface area contributed by atoms with Gasteiger partial charge in [0.25, 0.3) is 0 Å². The van der Waals surface area contributed by atoms with E-state index in [1.807, 2.05) is 0 Å². The van der Waals surface area contributed by atoms with Crippen LogP contribution >= 0.6 is 0 Å². The average Bonchev–Trinajstić information content (AvgIpc) is 2.28. The summed E-state index contributed by atoms with van der Waals surface area (Å²) >= 11 is 0. The predicted octanol–water partition coefficient (Wildman–Crippen LogP) is -0.0451. The second-order valence-electron chi connectivity index (χ2n) is 3.23. The summed E-state index contributed by atoms with van der Waals surface area (Å²) in [4.78, 5) is 19.5. The summed E-state index contributed by atoms with van der Waals surface area (Å²) in [5, 5.41) is 5.31. The normalized spacial score (nSPS) is 9.47. The van der Waals surface area contributed by atoms with Gasteiger partial charge in [-0.05, 0) is 6.92 Å². The summed E-state index contributed by atoms with van der Waals surface area (Å²) in [5.41, 5.74) is 0.712. The van der Waals surface area contributed by atoms with Gasteiger partial charge < -0.3 is 4.74 Å². The largest absolute Gasteiger partial charge is 0.481 e. The number of terminal acetylenes is 1. The van der Waals surface area contributed by atoms with Gasteiger partial charge in [0.1, 0.15) is 0 Å². The number of amides is 1. The number of methoxy groups -OCH3 is 1. The number of ether oxygens (including phenoxy) is 1. The highest BCUT2D eigenvalue weighted by molar-refractivity contribution is 5.90. The SMILES string of the molecule is C#CCNCC(=O)Nc1nc(C)cc(OC)n1. The number of hydrogen-bond acceptors (Lipinski definition) is 5. The van der Waals surface area contributed by atoms with Gasteiger partial charge in [0, 0.05) is 11.8 Å². The number of aryl methyl sites for hydroxylation is 1. The van der Waals surface area contributed by atoms with Crippen LogP contribution in [0.2, 0.25) is 0 Å². The Hall–Kier alpha value is -2.13. The molecule has 0 saturated carbocycles. The number of hydrogen-bond donors (Lipinski definition) is 2. The maximum Gasteiger partial charge on any atom is 0.240 e. The Morgan fingerprint density at radius 2 is 2.35 bits per heavy atom. The van der Waals surface area contributed by atoms with Crippen LogP contribution in [-0.4, -0.2) is 36.1 Å². The molecule has 0 aromatic carbocycles. The van der Waals surface area contributed by atoms with Gasteiger partial charge in [0.2, 0.25) is 17.7 Å². The van der Waals surface area contributed by atoms with Gasteiger partial charge in [-0.2, -0.15) is 4.98 Å². The molecule has 2 N–H and O–H groups in total. The summed E-state index contributed by atoms with van der Waals surface area (Å²) in [6, 6.07) is 1.67. The highest BCUT2D eigenvalue weighted by Crippen LogP contribution is 2.10. The first-order valence-electron chi connectivity index (χ1n) is 4.99. The lowest BCUT2D eigenvalue weighted by Crippen LogP contribution is -2.29. The van der Waals surface area contributed by atoms with E-state index in [1.54, 1.807) is 13.0 Å². The van der Waals surface area contributed by atoms with Crippen molar-refractivity contribution in [3.63, 3.8) is 0 Å². The highest BCUT2D eigenvalue weighted by Gasteiger charge is 2.06. The lowest BCUT2D eigenvalue weighted by atomic mass is 10.4. The molecule has 0 aliphatic rings. The Kier molecular flexibility index (Phi) is 4.91. The van der Waals surface area contributed by atoms with Crippen molar-refractivity contribution in [2.45, 2.75) is 6.92 Å². The first-order valence-corrected chi connectivity index (χ1v) is 4.99. The molecule has 0 unspecified atom stereocenters. The van der Waals surface area contributed by atoms with Gasteiger partial charge in [-0.3, -0.25) is 15.4 Å². The van der Waals surface area contributed by atoms with Crippen LogP contribution in [0.15, 0.2) is 6.07 Å². The van der Waals surface area contributed by atoms with E-state index < -0.39 is 0 Å². The zero-order chi connectivity index (χ0) is 12.7. The molecule has 0 aliphatic heterocycles. The zero-order valence-corrected chi connectivity index (χ0v) is 9.78. The molecule has 0 spiro atoms. The molecule has 0 saturated heterocycles. The molecule has 1 aromatic rings. The minimum atomic E-state index is -0.257. The molecule has 6 heteroatoms. The molecular formula is C11H14N4O2. The second kappa shape index (κ2) is 6.45. The van der Waals surface area contributed by atoms with Gasteiger partial charge in [-0.15, -0.1) is 6.42 Å². The zero-order valence-electron chi connectivity index (χ0n) is 9.78. The molecule has 1 rings (SSSR count). The van der Waals surface area contributed by atoms with E-state index in [-0.39, 0.29) is 18.4 Å². The first kappa shape index (κ1) is 12.9. The van der Waals surface area contributed by atoms with Crippen molar-refractivity contribution in [2.24, 2.45) is 0 Å². The molecule has 0 atom stereocenters. The minimum absolute atomic E-state index is 0.115. The molecule has 17 heavy (non-hydrogen) atoms. The highest BCUT2D eigenvalue weighted by atomic mass is 16.5. The van der Waals surface area contributed by atoms with E-state index in [1.165, 1.54) is 7.11 Å². The maximum atomic E-state index is 11.4. The van der Waals surface area contributed by atoms with Crippen molar-refractivity contribution < 1.29 is 9.53 Å². The Bertz CT molecular complexity index is 440. The van der Waals surface area contributed by atoms with Crippen LogP contribution < -0.4 is 15.4 Å². The minimum Gasteiger partial charge on any atom is -0.481 e. The molecule has 0 fully saturated rings. The molecule has 6 nitrogen and oxygen atoms in total. The van der Waals surface area contributed by atoms with Crippen LogP contribution in [0.4, 0.5) is 5.95 Å². The van der Waals surface area contributed by atoms with Crippen molar-refractivity contribution in [1.82, 2.24) is 15.3 Å². The Balaban J connectivity index is 2.59. The molecule has 0 aliphatic carbocycles. The second-order valence-corrected chi connectivity index (χ2v) is 3.23. The van der Waals surface area contributed by atoms with Crippen molar-refractivity contribution in [3.05, 3.63) is 11.8 Å². The number of carbonyl (C=O) groups is 1. The summed E-state index contributed by atoms with van der Waals surface area (Å²) in [6.45, 7) is 2.24. The van der Waals surface area contributed by atoms with Crippen molar-refractivity contribution >= 4 is 11.9 Å². The van der Waals surface area contributed by atoms with Crippen molar-refractivity contribution in [2.75, 3.05) is 25.5 Å². The third-order valence-electron chi connectivity index (χ3n) is 1.80. The van der Waals surface area contributed by atoms with Crippen LogP contribution in [0.1, 0.15) is 5.69 Å². The fourth-order valence-corrected chi connectivity index (χ4v) is 1.12. The summed E-state index contributed by atoms with van der Waals surface area (Å²) < 4.78 is 4.97. The molecular weight excluding hydrogens is 220 g/mol. The van der Waals surface area contributed by atoms with Crippen LogP contribution in [0, 0.1) is 19.3 Å². The standard InChI is InChI=1S/C11H14N4O2/c1-4-5-12-7-9(16)14-11-13-8(2)6-10(15-11)17-3/h1,6,12H,5,7H2,2-3H3,(H,13,14,15,16). The van der Waals surface area contributed by atoms with Crippen LogP contribution in [0.25, 0.3) is 0 Å². The smallest absolute Gasteiger partial charge is 0.240 e. The predicted molar refractivity (Wildman–Crippen MR) is 63.7 cm³/mol. The first-order chi connectivity index (χ1) is 8.15. The number of nitrogens with zero attached hydrogens (tertiary/aromatic N) is 2. The fraction of sp³-hybridized carbons (Fsp3) is 0.364. The molecule has 0 bridgehead atoms. The number of anilines is 1. The number of aromatic nitrogens is 2. The van der Waals surface area contributed by atoms with Gasteiger partial charge in [0.15, 0.2) is 0 Å². The Morgan fingerprint density at radius 1 is 1.59 bits per heavy atom. The summed E-state index contributed by atoms with van der Waals surface area (Å²) in [7, 11) is 1.50. The maximum absolute atomic E-state index is 11.4. The van der Waals surface area contributed by atoms with E-state index in [2.05, 4.69) is 26.5 Å². The fourth-order valence-electron chi connectivity index (χ4n) is 1.12. The molecule has 90 valence electrons. The van der Waals surface area contributed by atoms with E-state index in [9.17, 15) is 4.79 Å². The van der Waals surface area contributed by atoms with Gasteiger partial charge >= 0.3 is 0 Å². The molecule has 1 amide bonds. The topological polar surface area (TPSA) is 76.1 Å². The number of carbonyl (C=O) groups excluding carboxylic acids is 1.